The van der Waals surface area contributed by atoms with Crippen LogP contribution in [-0.2, 0) is 9.84 Å². The molecule has 0 amide bonds. The summed E-state index contributed by atoms with van der Waals surface area (Å²) in [5.41, 5.74) is 2.95. The monoisotopic (exact) mass is 242 g/mol. The molecule has 0 bridgehead atoms. The predicted octanol–water partition coefficient (Wildman–Crippen LogP) is 1.77. The Morgan fingerprint density at radius 1 is 1.31 bits per heavy atom. The summed E-state index contributed by atoms with van der Waals surface area (Å²) in [4.78, 5) is 0. The highest BCUT2D eigenvalue weighted by atomic mass is 32.2. The van der Waals surface area contributed by atoms with E-state index in [1.54, 1.807) is 0 Å². The summed E-state index contributed by atoms with van der Waals surface area (Å²) in [7, 11) is -3.01. The Bertz CT molecular complexity index is 463. The predicted molar refractivity (Wildman–Crippen MR) is 65.2 cm³/mol. The highest BCUT2D eigenvalue weighted by Crippen LogP contribution is 2.21. The van der Waals surface area contributed by atoms with Crippen LogP contribution in [0.5, 0.6) is 0 Å². The van der Waals surface area contributed by atoms with Gasteiger partial charge in [0.1, 0.15) is 9.84 Å². The van der Waals surface area contributed by atoms with E-state index in [0.29, 0.717) is 0 Å². The second-order valence-corrected chi connectivity index (χ2v) is 6.55. The SMILES string of the molecule is Cc1ccc(C(O)CCS(C)(=O)=O)c(C)c1. The van der Waals surface area contributed by atoms with Gasteiger partial charge in [0, 0.05) is 6.26 Å². The van der Waals surface area contributed by atoms with E-state index in [2.05, 4.69) is 0 Å². The summed E-state index contributed by atoms with van der Waals surface area (Å²) in [6.07, 6.45) is 0.736. The smallest absolute Gasteiger partial charge is 0.147 e. The van der Waals surface area contributed by atoms with Crippen molar-refractivity contribution < 1.29 is 13.5 Å². The van der Waals surface area contributed by atoms with Crippen molar-refractivity contribution in [1.29, 1.82) is 0 Å². The van der Waals surface area contributed by atoms with Gasteiger partial charge >= 0.3 is 0 Å². The first kappa shape index (κ1) is 13.2. The van der Waals surface area contributed by atoms with E-state index in [1.165, 1.54) is 6.26 Å². The van der Waals surface area contributed by atoms with Gasteiger partial charge in [-0.1, -0.05) is 23.8 Å². The van der Waals surface area contributed by atoms with Gasteiger partial charge in [0.25, 0.3) is 0 Å². The summed E-state index contributed by atoms with van der Waals surface area (Å²) in [6.45, 7) is 3.91. The van der Waals surface area contributed by atoms with E-state index in [0.717, 1.165) is 16.7 Å². The third-order valence-corrected chi connectivity index (χ3v) is 3.52. The molecule has 0 aliphatic rings. The van der Waals surface area contributed by atoms with Crippen LogP contribution in [0.3, 0.4) is 0 Å². The quantitative estimate of drug-likeness (QED) is 0.875. The number of aliphatic hydroxyl groups is 1. The lowest BCUT2D eigenvalue weighted by Crippen LogP contribution is -2.09. The Morgan fingerprint density at radius 3 is 2.44 bits per heavy atom. The van der Waals surface area contributed by atoms with E-state index >= 15 is 0 Å². The molecule has 1 rings (SSSR count). The molecule has 0 fully saturated rings. The first-order valence-electron chi connectivity index (χ1n) is 5.22. The largest absolute Gasteiger partial charge is 0.388 e. The number of rotatable bonds is 4. The molecule has 4 heteroatoms. The van der Waals surface area contributed by atoms with E-state index in [9.17, 15) is 13.5 Å². The van der Waals surface area contributed by atoms with Gasteiger partial charge in [-0.15, -0.1) is 0 Å². The van der Waals surface area contributed by atoms with Crippen molar-refractivity contribution in [2.24, 2.45) is 0 Å². The number of hydrogen-bond acceptors (Lipinski definition) is 3. The lowest BCUT2D eigenvalue weighted by Gasteiger charge is -2.13. The van der Waals surface area contributed by atoms with Crippen LogP contribution in [0, 0.1) is 13.8 Å². The normalized spacial score (nSPS) is 13.8. The van der Waals surface area contributed by atoms with Crippen molar-refractivity contribution in [2.45, 2.75) is 26.4 Å². The molecule has 0 radical (unpaired) electrons. The third-order valence-electron chi connectivity index (χ3n) is 2.55. The Kier molecular flexibility index (Phi) is 4.10. The topological polar surface area (TPSA) is 54.4 Å². The minimum absolute atomic E-state index is 0.0154. The molecule has 1 N–H and O–H groups in total. The molecule has 90 valence electrons. The lowest BCUT2D eigenvalue weighted by atomic mass is 10.00. The van der Waals surface area contributed by atoms with Crippen LogP contribution in [-0.4, -0.2) is 25.5 Å². The summed E-state index contributed by atoms with van der Waals surface area (Å²) in [5.74, 6) is 0.0154. The van der Waals surface area contributed by atoms with Crippen LogP contribution < -0.4 is 0 Å². The van der Waals surface area contributed by atoms with Crippen LogP contribution >= 0.6 is 0 Å². The van der Waals surface area contributed by atoms with Gasteiger partial charge in [0.2, 0.25) is 0 Å². The Hall–Kier alpha value is -0.870. The molecule has 0 spiro atoms. The van der Waals surface area contributed by atoms with Crippen LogP contribution in [0.2, 0.25) is 0 Å². The number of benzene rings is 1. The van der Waals surface area contributed by atoms with Crippen molar-refractivity contribution in [1.82, 2.24) is 0 Å². The van der Waals surface area contributed by atoms with Crippen LogP contribution in [0.4, 0.5) is 0 Å². The van der Waals surface area contributed by atoms with Crippen LogP contribution in [0.15, 0.2) is 18.2 Å². The highest BCUT2D eigenvalue weighted by molar-refractivity contribution is 7.90. The highest BCUT2D eigenvalue weighted by Gasteiger charge is 2.13. The molecule has 1 atom stereocenters. The average Bonchev–Trinajstić information content (AvgIpc) is 2.13. The first-order chi connectivity index (χ1) is 7.29. The van der Waals surface area contributed by atoms with Gasteiger partial charge in [0.15, 0.2) is 0 Å². The van der Waals surface area contributed by atoms with E-state index in [1.807, 2.05) is 32.0 Å². The maximum absolute atomic E-state index is 11.0. The van der Waals surface area contributed by atoms with Gasteiger partial charge in [-0.25, -0.2) is 8.42 Å². The third kappa shape index (κ3) is 3.94. The Balaban J connectivity index is 2.77. The number of aryl methyl sites for hydroxylation is 2. The molecule has 0 aliphatic heterocycles. The second kappa shape index (κ2) is 4.97. The number of aliphatic hydroxyl groups excluding tert-OH is 1. The zero-order valence-corrected chi connectivity index (χ0v) is 10.7. The van der Waals surface area contributed by atoms with Gasteiger partial charge in [-0.3, -0.25) is 0 Å². The summed E-state index contributed by atoms with van der Waals surface area (Å²) >= 11 is 0. The van der Waals surface area contributed by atoms with Gasteiger partial charge in [-0.2, -0.15) is 0 Å². The summed E-state index contributed by atoms with van der Waals surface area (Å²) in [6, 6.07) is 5.77. The molecule has 16 heavy (non-hydrogen) atoms. The van der Waals surface area contributed by atoms with E-state index in [-0.39, 0.29) is 12.2 Å². The fraction of sp³-hybridized carbons (Fsp3) is 0.500. The molecule has 1 aromatic carbocycles. The summed E-state index contributed by atoms with van der Waals surface area (Å²) in [5, 5.41) is 9.89. The lowest BCUT2D eigenvalue weighted by molar-refractivity contribution is 0.173. The zero-order valence-electron chi connectivity index (χ0n) is 9.90. The molecule has 0 aliphatic carbocycles. The molecular weight excluding hydrogens is 224 g/mol. The summed E-state index contributed by atoms with van der Waals surface area (Å²) < 4.78 is 22.0. The minimum Gasteiger partial charge on any atom is -0.388 e. The Labute approximate surface area is 97.0 Å². The number of hydrogen-bond donors (Lipinski definition) is 1. The maximum atomic E-state index is 11.0. The fourth-order valence-electron chi connectivity index (χ4n) is 1.68. The van der Waals surface area contributed by atoms with Crippen molar-refractivity contribution in [3.05, 3.63) is 34.9 Å². The molecule has 1 aromatic rings. The second-order valence-electron chi connectivity index (χ2n) is 4.29. The molecular formula is C12H18O3S. The average molecular weight is 242 g/mol. The number of sulfone groups is 1. The van der Waals surface area contributed by atoms with Crippen molar-refractivity contribution in [3.8, 4) is 0 Å². The molecule has 0 saturated heterocycles. The molecule has 0 heterocycles. The van der Waals surface area contributed by atoms with Crippen molar-refractivity contribution in [3.63, 3.8) is 0 Å². The van der Waals surface area contributed by atoms with Crippen LogP contribution in [0.1, 0.15) is 29.2 Å². The zero-order chi connectivity index (χ0) is 12.3. The molecule has 0 saturated carbocycles. The maximum Gasteiger partial charge on any atom is 0.147 e. The van der Waals surface area contributed by atoms with Gasteiger partial charge in [0.05, 0.1) is 11.9 Å². The first-order valence-corrected chi connectivity index (χ1v) is 7.28. The molecule has 0 aromatic heterocycles. The Morgan fingerprint density at radius 2 is 1.94 bits per heavy atom. The fourth-order valence-corrected chi connectivity index (χ4v) is 2.33. The van der Waals surface area contributed by atoms with Crippen molar-refractivity contribution >= 4 is 9.84 Å². The van der Waals surface area contributed by atoms with Crippen molar-refractivity contribution in [2.75, 3.05) is 12.0 Å². The van der Waals surface area contributed by atoms with Gasteiger partial charge < -0.3 is 5.11 Å². The van der Waals surface area contributed by atoms with Crippen LogP contribution in [0.25, 0.3) is 0 Å². The minimum atomic E-state index is -3.01. The van der Waals surface area contributed by atoms with E-state index in [4.69, 9.17) is 0 Å². The molecule has 1 unspecified atom stereocenters. The standard InChI is InChI=1S/C12H18O3S/c1-9-4-5-11(10(2)8-9)12(13)6-7-16(3,14)15/h4-5,8,12-13H,6-7H2,1-3H3. The van der Waals surface area contributed by atoms with Gasteiger partial charge in [-0.05, 0) is 31.4 Å². The van der Waals surface area contributed by atoms with E-state index < -0.39 is 15.9 Å². The molecule has 3 nitrogen and oxygen atoms in total.